The molecule has 0 aliphatic heterocycles. The Morgan fingerprint density at radius 2 is 1.74 bits per heavy atom. The van der Waals surface area contributed by atoms with E-state index in [1.807, 2.05) is 24.3 Å². The zero-order valence-corrected chi connectivity index (χ0v) is 21.8. The van der Waals surface area contributed by atoms with E-state index in [-0.39, 0.29) is 5.56 Å². The van der Waals surface area contributed by atoms with Crippen LogP contribution in [0.25, 0.3) is 21.8 Å². The highest BCUT2D eigenvalue weighted by molar-refractivity contribution is 9.10. The van der Waals surface area contributed by atoms with Crippen LogP contribution < -0.4 is 5.56 Å². The number of rotatable bonds is 6. The van der Waals surface area contributed by atoms with Crippen LogP contribution in [0.15, 0.2) is 91.8 Å². The number of fused-ring (bicyclic) bond motifs is 2. The molecule has 0 amide bonds. The van der Waals surface area contributed by atoms with Gasteiger partial charge < -0.3 is 4.57 Å². The highest BCUT2D eigenvalue weighted by atomic mass is 79.9. The van der Waals surface area contributed by atoms with Crippen LogP contribution in [0.1, 0.15) is 30.3 Å². The number of hydrogen-bond acceptors (Lipinski definition) is 3. The standard InChI is InChI=1S/C27H22Br2N4O/c1-2-5-26-31-24-13-12-21(29)14-23(24)27(34)33(26)30-15-19-17-32(25-7-4-3-6-22(19)25)16-18-8-10-20(28)11-9-18/h3-4,6-15,17H,2,5,16H2,1H3. The van der Waals surface area contributed by atoms with Gasteiger partial charge in [-0.15, -0.1) is 0 Å². The maximum Gasteiger partial charge on any atom is 0.282 e. The zero-order chi connectivity index (χ0) is 23.7. The maximum atomic E-state index is 13.3. The van der Waals surface area contributed by atoms with Crippen molar-refractivity contribution in [1.29, 1.82) is 0 Å². The van der Waals surface area contributed by atoms with E-state index in [0.29, 0.717) is 23.1 Å². The van der Waals surface area contributed by atoms with Crippen molar-refractivity contribution in [3.8, 4) is 0 Å². The molecule has 0 aliphatic carbocycles. The van der Waals surface area contributed by atoms with Crippen LogP contribution in [0.3, 0.4) is 0 Å². The predicted molar refractivity (Wildman–Crippen MR) is 146 cm³/mol. The summed E-state index contributed by atoms with van der Waals surface area (Å²) in [4.78, 5) is 18.0. The van der Waals surface area contributed by atoms with Gasteiger partial charge in [-0.2, -0.15) is 9.78 Å². The van der Waals surface area contributed by atoms with Crippen LogP contribution in [0.5, 0.6) is 0 Å². The van der Waals surface area contributed by atoms with Gasteiger partial charge >= 0.3 is 0 Å². The average Bonchev–Trinajstić information content (AvgIpc) is 3.18. The molecule has 0 saturated carbocycles. The Bertz CT molecular complexity index is 1580. The Morgan fingerprint density at radius 1 is 0.971 bits per heavy atom. The van der Waals surface area contributed by atoms with Crippen LogP contribution in [0, 0.1) is 0 Å². The van der Waals surface area contributed by atoms with Gasteiger partial charge in [0, 0.05) is 44.6 Å². The van der Waals surface area contributed by atoms with Crippen LogP contribution in [-0.2, 0) is 13.0 Å². The van der Waals surface area contributed by atoms with E-state index in [4.69, 9.17) is 4.98 Å². The monoisotopic (exact) mass is 576 g/mol. The number of aromatic nitrogens is 3. The summed E-state index contributed by atoms with van der Waals surface area (Å²) < 4.78 is 5.56. The topological polar surface area (TPSA) is 52.2 Å². The second-order valence-electron chi connectivity index (χ2n) is 8.16. The number of halogens is 2. The number of hydrogen-bond donors (Lipinski definition) is 0. The number of aryl methyl sites for hydroxylation is 1. The smallest absolute Gasteiger partial charge is 0.282 e. The summed E-state index contributed by atoms with van der Waals surface area (Å²) in [6.45, 7) is 2.82. The molecule has 5 rings (SSSR count). The Balaban J connectivity index is 1.59. The minimum Gasteiger partial charge on any atom is -0.342 e. The van der Waals surface area contributed by atoms with E-state index >= 15 is 0 Å². The van der Waals surface area contributed by atoms with Crippen molar-refractivity contribution < 1.29 is 0 Å². The molecule has 7 heteroatoms. The summed E-state index contributed by atoms with van der Waals surface area (Å²) in [6, 6.07) is 22.1. The molecule has 0 bridgehead atoms. The van der Waals surface area contributed by atoms with E-state index in [1.165, 1.54) is 10.2 Å². The molecule has 0 spiro atoms. The van der Waals surface area contributed by atoms with Crippen molar-refractivity contribution in [3.63, 3.8) is 0 Å². The highest BCUT2D eigenvalue weighted by Gasteiger charge is 2.12. The lowest BCUT2D eigenvalue weighted by atomic mass is 10.2. The summed E-state index contributed by atoms with van der Waals surface area (Å²) in [6.07, 6.45) is 5.40. The second-order valence-corrected chi connectivity index (χ2v) is 9.99. The minimum atomic E-state index is -0.162. The highest BCUT2D eigenvalue weighted by Crippen LogP contribution is 2.22. The normalized spacial score (nSPS) is 11.7. The molecule has 0 aliphatic rings. The van der Waals surface area contributed by atoms with E-state index < -0.39 is 0 Å². The second kappa shape index (κ2) is 9.68. The van der Waals surface area contributed by atoms with Crippen molar-refractivity contribution in [1.82, 2.24) is 14.2 Å². The van der Waals surface area contributed by atoms with Crippen LogP contribution in [-0.4, -0.2) is 20.4 Å². The molecular weight excluding hydrogens is 556 g/mol. The molecule has 0 fully saturated rings. The molecule has 170 valence electrons. The van der Waals surface area contributed by atoms with Crippen molar-refractivity contribution in [2.75, 3.05) is 0 Å². The lowest BCUT2D eigenvalue weighted by Gasteiger charge is -2.08. The molecule has 2 heterocycles. The molecule has 34 heavy (non-hydrogen) atoms. The van der Waals surface area contributed by atoms with E-state index in [2.05, 4.69) is 91.0 Å². The lowest BCUT2D eigenvalue weighted by Crippen LogP contribution is -2.22. The zero-order valence-electron chi connectivity index (χ0n) is 18.6. The molecule has 0 unspecified atom stereocenters. The quantitative estimate of drug-likeness (QED) is 0.209. The van der Waals surface area contributed by atoms with E-state index in [9.17, 15) is 4.79 Å². The molecule has 0 N–H and O–H groups in total. The van der Waals surface area contributed by atoms with Gasteiger partial charge in [-0.3, -0.25) is 4.79 Å². The lowest BCUT2D eigenvalue weighted by molar-refractivity contribution is 0.704. The molecule has 3 aromatic carbocycles. The first kappa shape index (κ1) is 22.7. The molecule has 5 aromatic rings. The van der Waals surface area contributed by atoms with Gasteiger partial charge in [0.15, 0.2) is 0 Å². The van der Waals surface area contributed by atoms with Gasteiger partial charge in [0.1, 0.15) is 5.82 Å². The fourth-order valence-electron chi connectivity index (χ4n) is 4.11. The fraction of sp³-hybridized carbons (Fsp3) is 0.148. The summed E-state index contributed by atoms with van der Waals surface area (Å²) in [7, 11) is 0. The van der Waals surface area contributed by atoms with Gasteiger partial charge in [0.25, 0.3) is 5.56 Å². The third kappa shape index (κ3) is 4.50. The largest absolute Gasteiger partial charge is 0.342 e. The molecule has 0 atom stereocenters. The SMILES string of the molecule is CCCc1nc2ccc(Br)cc2c(=O)n1N=Cc1cn(Cc2ccc(Br)cc2)c2ccccc12. The van der Waals surface area contributed by atoms with Gasteiger partial charge in [-0.25, -0.2) is 4.98 Å². The van der Waals surface area contributed by atoms with Crippen LogP contribution in [0.2, 0.25) is 0 Å². The van der Waals surface area contributed by atoms with Gasteiger partial charge in [0.05, 0.1) is 17.1 Å². The average molecular weight is 578 g/mol. The summed E-state index contributed by atoms with van der Waals surface area (Å²) in [5, 5.41) is 6.27. The third-order valence-electron chi connectivity index (χ3n) is 5.75. The Hall–Kier alpha value is -3.03. The third-order valence-corrected chi connectivity index (χ3v) is 6.77. The van der Waals surface area contributed by atoms with Crippen molar-refractivity contribution in [3.05, 3.63) is 109 Å². The van der Waals surface area contributed by atoms with E-state index in [0.717, 1.165) is 38.4 Å². The molecule has 5 nitrogen and oxygen atoms in total. The van der Waals surface area contributed by atoms with Gasteiger partial charge in [0.2, 0.25) is 0 Å². The number of para-hydroxylation sites is 1. The Morgan fingerprint density at radius 3 is 2.53 bits per heavy atom. The first-order valence-corrected chi connectivity index (χ1v) is 12.7. The van der Waals surface area contributed by atoms with Crippen molar-refractivity contribution >= 4 is 59.9 Å². The minimum absolute atomic E-state index is 0.162. The van der Waals surface area contributed by atoms with Crippen molar-refractivity contribution in [2.45, 2.75) is 26.3 Å². The maximum absolute atomic E-state index is 13.3. The molecular formula is C27H22Br2N4O. The Labute approximate surface area is 214 Å². The van der Waals surface area contributed by atoms with Crippen LogP contribution in [0.4, 0.5) is 0 Å². The van der Waals surface area contributed by atoms with Crippen molar-refractivity contribution in [2.24, 2.45) is 5.10 Å². The summed E-state index contributed by atoms with van der Waals surface area (Å²) in [5.74, 6) is 0.664. The molecule has 0 saturated heterocycles. The number of nitrogens with zero attached hydrogens (tertiary/aromatic N) is 4. The fourth-order valence-corrected chi connectivity index (χ4v) is 4.74. The number of benzene rings is 3. The van der Waals surface area contributed by atoms with Gasteiger partial charge in [-0.1, -0.05) is 69.1 Å². The first-order valence-electron chi connectivity index (χ1n) is 11.1. The van der Waals surface area contributed by atoms with E-state index in [1.54, 1.807) is 12.3 Å². The Kier molecular flexibility index (Phi) is 6.48. The molecule has 2 aromatic heterocycles. The van der Waals surface area contributed by atoms with Gasteiger partial charge in [-0.05, 0) is 48.4 Å². The molecule has 0 radical (unpaired) electrons. The summed E-state index contributed by atoms with van der Waals surface area (Å²) >= 11 is 6.96. The summed E-state index contributed by atoms with van der Waals surface area (Å²) in [5.41, 5.74) is 3.81. The van der Waals surface area contributed by atoms with Crippen LogP contribution >= 0.6 is 31.9 Å². The first-order chi connectivity index (χ1) is 16.5. The predicted octanol–water partition coefficient (Wildman–Crippen LogP) is 6.76.